The zero-order valence-electron chi connectivity index (χ0n) is 13.9. The summed E-state index contributed by atoms with van der Waals surface area (Å²) in [4.78, 5) is 11.2. The molecule has 0 bridgehead atoms. The Morgan fingerprint density at radius 2 is 2.25 bits per heavy atom. The standard InChI is InChI=1S/C17H20FN3O2S/c1-12(21(2)3)19-11-14(24)5-7-17-20-15-6-4-13(22-9-8-18)10-16(15)23-17/h4-7,10-11,24H,8-9H2,1-3H3/b7-5+,14-11-,19-12?. The molecule has 0 atom stereocenters. The van der Waals surface area contributed by atoms with E-state index in [1.807, 2.05) is 25.9 Å². The normalized spacial score (nSPS) is 13.0. The first-order valence-electron chi connectivity index (χ1n) is 7.38. The molecule has 0 N–H and O–H groups in total. The molecule has 0 amide bonds. The third-order valence-corrected chi connectivity index (χ3v) is 3.41. The van der Waals surface area contributed by atoms with Gasteiger partial charge in [0.1, 0.15) is 30.4 Å². The van der Waals surface area contributed by atoms with E-state index < -0.39 is 6.67 Å². The van der Waals surface area contributed by atoms with Crippen molar-refractivity contribution in [3.05, 3.63) is 41.3 Å². The van der Waals surface area contributed by atoms with Crippen LogP contribution in [-0.2, 0) is 0 Å². The Kier molecular flexibility index (Phi) is 6.43. The molecule has 0 saturated heterocycles. The lowest BCUT2D eigenvalue weighted by atomic mass is 10.3. The molecule has 1 aromatic heterocycles. The van der Waals surface area contributed by atoms with Gasteiger partial charge >= 0.3 is 0 Å². The quantitative estimate of drug-likeness (QED) is 0.371. The van der Waals surface area contributed by atoms with Gasteiger partial charge in [-0.25, -0.2) is 14.4 Å². The first kappa shape index (κ1) is 18.1. The van der Waals surface area contributed by atoms with Crippen LogP contribution in [-0.4, -0.2) is 43.1 Å². The number of fused-ring (bicyclic) bond motifs is 1. The minimum Gasteiger partial charge on any atom is -0.491 e. The summed E-state index contributed by atoms with van der Waals surface area (Å²) in [6, 6.07) is 5.19. The largest absolute Gasteiger partial charge is 0.491 e. The summed E-state index contributed by atoms with van der Waals surface area (Å²) < 4.78 is 23.0. The van der Waals surface area contributed by atoms with E-state index in [-0.39, 0.29) is 6.61 Å². The van der Waals surface area contributed by atoms with Gasteiger partial charge in [0.15, 0.2) is 5.58 Å². The number of aromatic nitrogens is 1. The number of aliphatic imine (C=N–C) groups is 1. The summed E-state index contributed by atoms with van der Waals surface area (Å²) in [6.45, 7) is 1.40. The Morgan fingerprint density at radius 3 is 2.96 bits per heavy atom. The fraction of sp³-hybridized carbons (Fsp3) is 0.294. The van der Waals surface area contributed by atoms with Gasteiger partial charge in [-0.2, -0.15) is 0 Å². The Balaban J connectivity index is 2.12. The molecule has 0 unspecified atom stereocenters. The van der Waals surface area contributed by atoms with Crippen molar-refractivity contribution in [1.29, 1.82) is 0 Å². The van der Waals surface area contributed by atoms with Gasteiger partial charge < -0.3 is 14.1 Å². The van der Waals surface area contributed by atoms with Crippen LogP contribution in [0.25, 0.3) is 17.2 Å². The average molecular weight is 349 g/mol. The highest BCUT2D eigenvalue weighted by Gasteiger charge is 2.05. The number of alkyl halides is 1. The van der Waals surface area contributed by atoms with Crippen molar-refractivity contribution in [2.75, 3.05) is 27.4 Å². The van der Waals surface area contributed by atoms with Gasteiger partial charge in [-0.05, 0) is 25.1 Å². The van der Waals surface area contributed by atoms with Gasteiger partial charge in [-0.15, -0.1) is 12.6 Å². The van der Waals surface area contributed by atoms with E-state index in [4.69, 9.17) is 9.15 Å². The van der Waals surface area contributed by atoms with Gasteiger partial charge in [0.2, 0.25) is 5.89 Å². The average Bonchev–Trinajstić information content (AvgIpc) is 2.97. The molecule has 7 heteroatoms. The number of hydrogen-bond acceptors (Lipinski definition) is 5. The number of oxazole rings is 1. The smallest absolute Gasteiger partial charge is 0.220 e. The molecule has 0 radical (unpaired) electrons. The Morgan fingerprint density at radius 1 is 1.46 bits per heavy atom. The molecule has 1 heterocycles. The van der Waals surface area contributed by atoms with E-state index in [0.717, 1.165) is 5.84 Å². The van der Waals surface area contributed by atoms with Crippen molar-refractivity contribution in [2.45, 2.75) is 6.92 Å². The van der Waals surface area contributed by atoms with Gasteiger partial charge in [-0.3, -0.25) is 0 Å². The molecule has 24 heavy (non-hydrogen) atoms. The predicted molar refractivity (Wildman–Crippen MR) is 98.4 cm³/mol. The van der Waals surface area contributed by atoms with Crippen LogP contribution < -0.4 is 4.74 Å². The third kappa shape index (κ3) is 5.13. The van der Waals surface area contributed by atoms with Gasteiger partial charge in [0, 0.05) is 37.3 Å². The molecular formula is C17H20FN3O2S. The second kappa shape index (κ2) is 8.54. The molecule has 0 fully saturated rings. The van der Waals surface area contributed by atoms with Crippen molar-refractivity contribution in [3.8, 4) is 5.75 Å². The Hall–Kier alpha value is -2.28. The highest BCUT2D eigenvalue weighted by molar-refractivity contribution is 7.84. The topological polar surface area (TPSA) is 50.9 Å². The third-order valence-electron chi connectivity index (χ3n) is 3.15. The minimum atomic E-state index is -0.532. The van der Waals surface area contributed by atoms with Crippen LogP contribution in [0.2, 0.25) is 0 Å². The van der Waals surface area contributed by atoms with Crippen LogP contribution in [0, 0.1) is 0 Å². The van der Waals surface area contributed by atoms with E-state index in [0.29, 0.717) is 27.6 Å². The molecule has 128 valence electrons. The van der Waals surface area contributed by atoms with Gasteiger partial charge in [0.25, 0.3) is 0 Å². The number of ether oxygens (including phenoxy) is 1. The maximum absolute atomic E-state index is 12.1. The second-order valence-corrected chi connectivity index (χ2v) is 5.69. The molecular weight excluding hydrogens is 329 g/mol. The number of hydrogen-bond donors (Lipinski definition) is 1. The fourth-order valence-corrected chi connectivity index (χ4v) is 1.85. The molecule has 0 aliphatic heterocycles. The van der Waals surface area contributed by atoms with E-state index in [1.54, 1.807) is 36.6 Å². The molecule has 1 aromatic carbocycles. The van der Waals surface area contributed by atoms with Crippen molar-refractivity contribution < 1.29 is 13.5 Å². The van der Waals surface area contributed by atoms with Crippen LogP contribution in [0.4, 0.5) is 4.39 Å². The summed E-state index contributed by atoms with van der Waals surface area (Å²) in [7, 11) is 3.84. The number of amidine groups is 1. The number of benzene rings is 1. The number of allylic oxidation sites excluding steroid dienone is 1. The molecule has 2 aromatic rings. The van der Waals surface area contributed by atoms with Crippen LogP contribution in [0.3, 0.4) is 0 Å². The van der Waals surface area contributed by atoms with Gasteiger partial charge in [-0.1, -0.05) is 0 Å². The van der Waals surface area contributed by atoms with Crippen LogP contribution in [0.5, 0.6) is 5.75 Å². The van der Waals surface area contributed by atoms with Gasteiger partial charge in [0.05, 0.1) is 0 Å². The number of halogens is 1. The van der Waals surface area contributed by atoms with E-state index in [9.17, 15) is 4.39 Å². The first-order valence-corrected chi connectivity index (χ1v) is 7.82. The molecule has 2 rings (SSSR count). The lowest BCUT2D eigenvalue weighted by Gasteiger charge is -2.09. The van der Waals surface area contributed by atoms with Crippen molar-refractivity contribution in [1.82, 2.24) is 9.88 Å². The highest BCUT2D eigenvalue weighted by Crippen LogP contribution is 2.22. The summed E-state index contributed by atoms with van der Waals surface area (Å²) >= 11 is 4.34. The summed E-state index contributed by atoms with van der Waals surface area (Å²) in [6.07, 6.45) is 5.11. The van der Waals surface area contributed by atoms with Crippen LogP contribution in [0.1, 0.15) is 12.8 Å². The van der Waals surface area contributed by atoms with E-state index in [2.05, 4.69) is 22.6 Å². The summed E-state index contributed by atoms with van der Waals surface area (Å²) in [5.74, 6) is 1.87. The number of rotatable bonds is 6. The maximum Gasteiger partial charge on any atom is 0.220 e. The zero-order valence-corrected chi connectivity index (χ0v) is 14.8. The Labute approximate surface area is 145 Å². The monoisotopic (exact) mass is 349 g/mol. The molecule has 0 spiro atoms. The van der Waals surface area contributed by atoms with Crippen molar-refractivity contribution in [3.63, 3.8) is 0 Å². The van der Waals surface area contributed by atoms with E-state index in [1.165, 1.54) is 0 Å². The summed E-state index contributed by atoms with van der Waals surface area (Å²) in [5.41, 5.74) is 1.28. The minimum absolute atomic E-state index is 0.0209. The molecule has 0 saturated carbocycles. The predicted octanol–water partition coefficient (Wildman–Crippen LogP) is 3.94. The fourth-order valence-electron chi connectivity index (χ4n) is 1.71. The molecule has 0 aliphatic rings. The second-order valence-electron chi connectivity index (χ2n) is 5.18. The summed E-state index contributed by atoms with van der Waals surface area (Å²) in [5, 5.41) is 0. The van der Waals surface area contributed by atoms with Crippen LogP contribution >= 0.6 is 12.6 Å². The number of thiol groups is 1. The highest BCUT2D eigenvalue weighted by atomic mass is 32.1. The van der Waals surface area contributed by atoms with Crippen molar-refractivity contribution >= 4 is 35.6 Å². The Bertz CT molecular complexity index is 781. The molecule has 5 nitrogen and oxygen atoms in total. The zero-order chi connectivity index (χ0) is 17.5. The maximum atomic E-state index is 12.1. The van der Waals surface area contributed by atoms with Crippen molar-refractivity contribution in [2.24, 2.45) is 4.99 Å². The molecule has 0 aliphatic carbocycles. The first-order chi connectivity index (χ1) is 11.5. The van der Waals surface area contributed by atoms with E-state index >= 15 is 0 Å². The number of nitrogens with zero attached hydrogens (tertiary/aromatic N) is 3. The lowest BCUT2D eigenvalue weighted by molar-refractivity contribution is 0.273. The SMILES string of the molecule is CC(=N/C=C(S)/C=C/c1nc2ccc(OCCF)cc2o1)N(C)C. The van der Waals surface area contributed by atoms with Crippen LogP contribution in [0.15, 0.2) is 44.8 Å². The lowest BCUT2D eigenvalue weighted by Crippen LogP contribution is -2.17.